The van der Waals surface area contributed by atoms with Crippen LogP contribution in [0.2, 0.25) is 10.0 Å². The maximum atomic E-state index is 13.1. The van der Waals surface area contributed by atoms with E-state index in [1.54, 1.807) is 30.3 Å². The van der Waals surface area contributed by atoms with Crippen molar-refractivity contribution in [2.24, 2.45) is 0 Å². The third-order valence-electron chi connectivity index (χ3n) is 4.64. The molecule has 3 rings (SSSR count). The number of para-hydroxylation sites is 1. The number of rotatable bonds is 4. The Morgan fingerprint density at radius 2 is 1.62 bits per heavy atom. The van der Waals surface area contributed by atoms with Crippen LogP contribution in [0.4, 0.5) is 15.8 Å². The SMILES string of the molecule is C[C@@H](C(=O)Nc1c(Cl)cccc1Cl)N1CCN(c2ccc(F)cc2)CC1. The normalized spacial score (nSPS) is 16.4. The number of nitrogens with one attached hydrogen (secondary N) is 1. The van der Waals surface area contributed by atoms with Crippen LogP contribution in [-0.4, -0.2) is 43.0 Å². The lowest BCUT2D eigenvalue weighted by Gasteiger charge is -2.38. The molecule has 1 atom stereocenters. The first-order valence-electron chi connectivity index (χ1n) is 8.45. The largest absolute Gasteiger partial charge is 0.369 e. The summed E-state index contributed by atoms with van der Waals surface area (Å²) in [7, 11) is 0. The van der Waals surface area contributed by atoms with Crippen LogP contribution in [0.15, 0.2) is 42.5 Å². The van der Waals surface area contributed by atoms with E-state index in [2.05, 4.69) is 15.1 Å². The molecule has 4 nitrogen and oxygen atoms in total. The van der Waals surface area contributed by atoms with Crippen LogP contribution in [0, 0.1) is 5.82 Å². The highest BCUT2D eigenvalue weighted by atomic mass is 35.5. The second-order valence-corrected chi connectivity index (χ2v) is 7.08. The Balaban J connectivity index is 1.58. The summed E-state index contributed by atoms with van der Waals surface area (Å²) in [6.45, 7) is 4.89. The molecule has 0 spiro atoms. The van der Waals surface area contributed by atoms with E-state index in [-0.39, 0.29) is 17.8 Å². The Bertz CT molecular complexity index is 757. The van der Waals surface area contributed by atoms with Gasteiger partial charge >= 0.3 is 0 Å². The average molecular weight is 396 g/mol. The summed E-state index contributed by atoms with van der Waals surface area (Å²) in [6.07, 6.45) is 0. The zero-order valence-electron chi connectivity index (χ0n) is 14.4. The van der Waals surface area contributed by atoms with Gasteiger partial charge in [0.2, 0.25) is 5.91 Å². The van der Waals surface area contributed by atoms with E-state index in [0.717, 1.165) is 31.9 Å². The van der Waals surface area contributed by atoms with Crippen LogP contribution in [-0.2, 0) is 4.79 Å². The summed E-state index contributed by atoms with van der Waals surface area (Å²) < 4.78 is 13.1. The van der Waals surface area contributed by atoms with E-state index in [1.807, 2.05) is 6.92 Å². The molecule has 1 aliphatic rings. The minimum atomic E-state index is -0.308. The van der Waals surface area contributed by atoms with Gasteiger partial charge < -0.3 is 10.2 Å². The van der Waals surface area contributed by atoms with Gasteiger partial charge in [0.15, 0.2) is 0 Å². The Kier molecular flexibility index (Phi) is 6.01. The maximum absolute atomic E-state index is 13.1. The molecule has 7 heteroatoms. The van der Waals surface area contributed by atoms with Crippen molar-refractivity contribution in [3.63, 3.8) is 0 Å². The van der Waals surface area contributed by atoms with E-state index in [0.29, 0.717) is 15.7 Å². The number of hydrogen-bond acceptors (Lipinski definition) is 3. The predicted octanol–water partition coefficient (Wildman–Crippen LogP) is 4.28. The van der Waals surface area contributed by atoms with Gasteiger partial charge in [-0.15, -0.1) is 0 Å². The van der Waals surface area contributed by atoms with Crippen LogP contribution in [0.25, 0.3) is 0 Å². The topological polar surface area (TPSA) is 35.6 Å². The van der Waals surface area contributed by atoms with Crippen molar-refractivity contribution >= 4 is 40.5 Å². The highest BCUT2D eigenvalue weighted by Crippen LogP contribution is 2.30. The molecule has 1 fully saturated rings. The third kappa shape index (κ3) is 4.29. The summed E-state index contributed by atoms with van der Waals surface area (Å²) in [5.41, 5.74) is 1.43. The summed E-state index contributed by atoms with van der Waals surface area (Å²) >= 11 is 12.2. The van der Waals surface area contributed by atoms with Gasteiger partial charge in [-0.25, -0.2) is 4.39 Å². The predicted molar refractivity (Wildman–Crippen MR) is 105 cm³/mol. The van der Waals surface area contributed by atoms with Crippen LogP contribution in [0.3, 0.4) is 0 Å². The van der Waals surface area contributed by atoms with Crippen molar-refractivity contribution in [3.8, 4) is 0 Å². The fourth-order valence-electron chi connectivity index (χ4n) is 3.03. The average Bonchev–Trinajstić information content (AvgIpc) is 2.65. The number of benzene rings is 2. The first-order valence-corrected chi connectivity index (χ1v) is 9.21. The van der Waals surface area contributed by atoms with Gasteiger partial charge in [0.25, 0.3) is 0 Å². The number of hydrogen-bond donors (Lipinski definition) is 1. The Hall–Kier alpha value is -1.82. The molecule has 2 aromatic carbocycles. The van der Waals surface area contributed by atoms with Crippen LogP contribution < -0.4 is 10.2 Å². The minimum Gasteiger partial charge on any atom is -0.369 e. The molecule has 1 aliphatic heterocycles. The van der Waals surface area contributed by atoms with Crippen LogP contribution >= 0.6 is 23.2 Å². The third-order valence-corrected chi connectivity index (χ3v) is 5.27. The van der Waals surface area contributed by atoms with E-state index >= 15 is 0 Å². The van der Waals surface area contributed by atoms with Crippen molar-refractivity contribution < 1.29 is 9.18 Å². The van der Waals surface area contributed by atoms with Crippen molar-refractivity contribution in [1.29, 1.82) is 0 Å². The number of carbonyl (C=O) groups is 1. The molecule has 0 unspecified atom stereocenters. The molecule has 0 bridgehead atoms. The fraction of sp³-hybridized carbons (Fsp3) is 0.316. The number of halogens is 3. The summed E-state index contributed by atoms with van der Waals surface area (Å²) in [5, 5.41) is 3.66. The Labute approximate surface area is 162 Å². The summed E-state index contributed by atoms with van der Waals surface area (Å²) in [4.78, 5) is 16.9. The lowest BCUT2D eigenvalue weighted by atomic mass is 10.2. The molecule has 138 valence electrons. The molecule has 1 N–H and O–H groups in total. The minimum absolute atomic E-state index is 0.143. The fourth-order valence-corrected chi connectivity index (χ4v) is 3.52. The van der Waals surface area contributed by atoms with Crippen molar-refractivity contribution in [2.45, 2.75) is 13.0 Å². The number of piperazine rings is 1. The van der Waals surface area contributed by atoms with Gasteiger partial charge in [0.1, 0.15) is 5.82 Å². The summed E-state index contributed by atoms with van der Waals surface area (Å²) in [5.74, 6) is -0.383. The van der Waals surface area contributed by atoms with E-state index in [1.165, 1.54) is 12.1 Å². The molecular weight excluding hydrogens is 376 g/mol. The molecule has 0 aromatic heterocycles. The zero-order chi connectivity index (χ0) is 18.7. The van der Waals surface area contributed by atoms with Crippen molar-refractivity contribution in [2.75, 3.05) is 36.4 Å². The van der Waals surface area contributed by atoms with Gasteiger partial charge in [-0.3, -0.25) is 9.69 Å². The Morgan fingerprint density at radius 1 is 1.04 bits per heavy atom. The van der Waals surface area contributed by atoms with Crippen molar-refractivity contribution in [3.05, 3.63) is 58.3 Å². The molecular formula is C19H20Cl2FN3O. The highest BCUT2D eigenvalue weighted by Gasteiger charge is 2.26. The van der Waals surface area contributed by atoms with Gasteiger partial charge in [0.05, 0.1) is 21.8 Å². The van der Waals surface area contributed by atoms with Gasteiger partial charge in [0, 0.05) is 31.9 Å². The van der Waals surface area contributed by atoms with E-state index in [9.17, 15) is 9.18 Å². The van der Waals surface area contributed by atoms with Gasteiger partial charge in [-0.1, -0.05) is 29.3 Å². The first kappa shape index (κ1) is 19.0. The molecule has 0 radical (unpaired) electrons. The molecule has 1 amide bonds. The molecule has 26 heavy (non-hydrogen) atoms. The highest BCUT2D eigenvalue weighted by molar-refractivity contribution is 6.39. The number of amides is 1. The monoisotopic (exact) mass is 395 g/mol. The lowest BCUT2D eigenvalue weighted by Crippen LogP contribution is -2.52. The number of carbonyl (C=O) groups excluding carboxylic acids is 1. The summed E-state index contributed by atoms with van der Waals surface area (Å²) in [6, 6.07) is 11.3. The smallest absolute Gasteiger partial charge is 0.241 e. The van der Waals surface area contributed by atoms with Crippen molar-refractivity contribution in [1.82, 2.24) is 4.90 Å². The van der Waals surface area contributed by atoms with Gasteiger partial charge in [-0.05, 0) is 43.3 Å². The second-order valence-electron chi connectivity index (χ2n) is 6.26. The molecule has 0 saturated carbocycles. The van der Waals surface area contributed by atoms with E-state index < -0.39 is 0 Å². The molecule has 2 aromatic rings. The zero-order valence-corrected chi connectivity index (χ0v) is 15.9. The Morgan fingerprint density at radius 3 is 2.19 bits per heavy atom. The molecule has 1 heterocycles. The number of anilines is 2. The first-order chi connectivity index (χ1) is 12.5. The van der Waals surface area contributed by atoms with Crippen LogP contribution in [0.5, 0.6) is 0 Å². The maximum Gasteiger partial charge on any atom is 0.241 e. The standard InChI is InChI=1S/C19H20Cl2FN3O/c1-13(19(26)23-18-16(20)3-2-4-17(18)21)24-9-11-25(12-10-24)15-7-5-14(22)6-8-15/h2-8,13H,9-12H2,1H3,(H,23,26)/t13-/m0/s1. The van der Waals surface area contributed by atoms with Gasteiger partial charge in [-0.2, -0.15) is 0 Å². The lowest BCUT2D eigenvalue weighted by molar-refractivity contribution is -0.120. The molecule has 0 aliphatic carbocycles. The van der Waals surface area contributed by atoms with E-state index in [4.69, 9.17) is 23.2 Å². The quantitative estimate of drug-likeness (QED) is 0.838. The van der Waals surface area contributed by atoms with Crippen LogP contribution in [0.1, 0.15) is 6.92 Å². The second kappa shape index (κ2) is 8.25. The molecule has 1 saturated heterocycles. The number of nitrogens with zero attached hydrogens (tertiary/aromatic N) is 2.